The topological polar surface area (TPSA) is 70.6 Å². The number of para-hydroxylation sites is 3. The van der Waals surface area contributed by atoms with Gasteiger partial charge in [0.05, 0.1) is 19.3 Å². The molecule has 2 aromatic rings. The molecule has 0 saturated carbocycles. The van der Waals surface area contributed by atoms with E-state index in [0.29, 0.717) is 18.0 Å². The molecule has 5 heteroatoms. The smallest absolute Gasteiger partial charge is 0.238 e. The summed E-state index contributed by atoms with van der Waals surface area (Å²) in [7, 11) is 1.56. The number of anilines is 1. The summed E-state index contributed by atoms with van der Waals surface area (Å²) in [6.45, 7) is 0.568. The Morgan fingerprint density at radius 2 is 1.86 bits per heavy atom. The van der Waals surface area contributed by atoms with E-state index in [1.165, 1.54) is 0 Å². The zero-order chi connectivity index (χ0) is 15.1. The number of carbonyl (C=O) groups is 1. The third kappa shape index (κ3) is 4.22. The van der Waals surface area contributed by atoms with Gasteiger partial charge in [0.15, 0.2) is 0 Å². The van der Waals surface area contributed by atoms with E-state index >= 15 is 0 Å². The predicted molar refractivity (Wildman–Crippen MR) is 81.4 cm³/mol. The molecular weight excluding hydrogens is 268 g/mol. The monoisotopic (exact) mass is 286 g/mol. The van der Waals surface area contributed by atoms with Crippen LogP contribution in [0.5, 0.6) is 11.5 Å². The second kappa shape index (κ2) is 7.31. The quantitative estimate of drug-likeness (QED) is 0.761. The van der Waals surface area contributed by atoms with Crippen LogP contribution in [0.2, 0.25) is 0 Å². The molecule has 0 bridgehead atoms. The van der Waals surface area contributed by atoms with Crippen LogP contribution in [-0.4, -0.2) is 24.7 Å². The van der Waals surface area contributed by atoms with Crippen molar-refractivity contribution in [2.45, 2.75) is 6.54 Å². The summed E-state index contributed by atoms with van der Waals surface area (Å²) >= 11 is 0. The van der Waals surface area contributed by atoms with Gasteiger partial charge in [-0.1, -0.05) is 30.3 Å². The normalized spacial score (nSPS) is 10.1. The van der Waals surface area contributed by atoms with Crippen molar-refractivity contribution in [3.05, 3.63) is 54.1 Å². The summed E-state index contributed by atoms with van der Waals surface area (Å²) < 4.78 is 5.17. The number of nitrogens with one attached hydrogen (secondary N) is 2. The lowest BCUT2D eigenvalue weighted by molar-refractivity contribution is -0.115. The van der Waals surface area contributed by atoms with Crippen LogP contribution in [0.15, 0.2) is 48.5 Å². The van der Waals surface area contributed by atoms with Gasteiger partial charge in [-0.05, 0) is 18.2 Å². The fourth-order valence-electron chi connectivity index (χ4n) is 1.91. The Morgan fingerprint density at radius 1 is 1.14 bits per heavy atom. The lowest BCUT2D eigenvalue weighted by Gasteiger charge is -2.10. The molecule has 21 heavy (non-hydrogen) atoms. The van der Waals surface area contributed by atoms with Crippen LogP contribution in [-0.2, 0) is 11.3 Å². The molecule has 0 aromatic heterocycles. The van der Waals surface area contributed by atoms with E-state index in [4.69, 9.17) is 4.74 Å². The minimum Gasteiger partial charge on any atom is -0.508 e. The highest BCUT2D eigenvalue weighted by Gasteiger charge is 2.07. The number of carbonyl (C=O) groups excluding carboxylic acids is 1. The Balaban J connectivity index is 1.84. The second-order valence-corrected chi connectivity index (χ2v) is 4.48. The maximum Gasteiger partial charge on any atom is 0.238 e. The summed E-state index contributed by atoms with van der Waals surface area (Å²) in [6, 6.07) is 14.2. The van der Waals surface area contributed by atoms with Gasteiger partial charge in [0, 0.05) is 12.1 Å². The number of aromatic hydroxyl groups is 1. The Morgan fingerprint density at radius 3 is 2.62 bits per heavy atom. The molecule has 2 aromatic carbocycles. The first kappa shape index (κ1) is 14.9. The summed E-state index contributed by atoms with van der Waals surface area (Å²) in [5.74, 6) is 0.664. The van der Waals surface area contributed by atoms with Crippen LogP contribution in [0.1, 0.15) is 5.56 Å². The average molecular weight is 286 g/mol. The molecule has 0 heterocycles. The molecule has 3 N–H and O–H groups in total. The number of rotatable bonds is 6. The molecular formula is C16H18N2O3. The Kier molecular flexibility index (Phi) is 5.17. The van der Waals surface area contributed by atoms with Gasteiger partial charge in [0.1, 0.15) is 11.5 Å². The van der Waals surface area contributed by atoms with E-state index < -0.39 is 0 Å². The molecule has 0 unspecified atom stereocenters. The Hall–Kier alpha value is -2.53. The van der Waals surface area contributed by atoms with Gasteiger partial charge in [-0.3, -0.25) is 4.79 Å². The molecule has 0 aliphatic heterocycles. The number of hydrogen-bond donors (Lipinski definition) is 3. The summed E-state index contributed by atoms with van der Waals surface area (Å²) in [5.41, 5.74) is 1.39. The molecule has 0 aliphatic rings. The third-order valence-electron chi connectivity index (χ3n) is 2.97. The van der Waals surface area contributed by atoms with Crippen LogP contribution in [0.3, 0.4) is 0 Å². The van der Waals surface area contributed by atoms with Crippen LogP contribution in [0, 0.1) is 0 Å². The Bertz CT molecular complexity index is 614. The van der Waals surface area contributed by atoms with E-state index in [-0.39, 0.29) is 18.2 Å². The number of ether oxygens (including phenoxy) is 1. The van der Waals surface area contributed by atoms with Crippen molar-refractivity contribution in [1.82, 2.24) is 5.32 Å². The number of hydrogen-bond acceptors (Lipinski definition) is 4. The number of amides is 1. The van der Waals surface area contributed by atoms with Gasteiger partial charge < -0.3 is 20.5 Å². The van der Waals surface area contributed by atoms with Gasteiger partial charge in [-0.2, -0.15) is 0 Å². The lowest BCUT2D eigenvalue weighted by Crippen LogP contribution is -2.27. The van der Waals surface area contributed by atoms with Crippen LogP contribution < -0.4 is 15.4 Å². The van der Waals surface area contributed by atoms with Gasteiger partial charge in [-0.25, -0.2) is 0 Å². The first-order chi connectivity index (χ1) is 10.2. The number of phenols is 1. The van der Waals surface area contributed by atoms with E-state index in [1.54, 1.807) is 37.4 Å². The number of benzene rings is 2. The molecule has 0 atom stereocenters. The van der Waals surface area contributed by atoms with Crippen molar-refractivity contribution in [1.29, 1.82) is 0 Å². The van der Waals surface area contributed by atoms with Crippen molar-refractivity contribution >= 4 is 11.6 Å². The molecule has 0 spiro atoms. The van der Waals surface area contributed by atoms with Gasteiger partial charge >= 0.3 is 0 Å². The molecule has 5 nitrogen and oxygen atoms in total. The minimum absolute atomic E-state index is 0.145. The van der Waals surface area contributed by atoms with Gasteiger partial charge in [0.25, 0.3) is 0 Å². The highest BCUT2D eigenvalue weighted by Crippen LogP contribution is 2.22. The predicted octanol–water partition coefficient (Wildman–Crippen LogP) is 2.13. The first-order valence-electron chi connectivity index (χ1n) is 6.61. The summed E-state index contributed by atoms with van der Waals surface area (Å²) in [5, 5.41) is 15.4. The standard InChI is InChI=1S/C16H18N2O3/c1-21-15-9-5-3-7-13(15)18-16(20)11-17-10-12-6-2-4-8-14(12)19/h2-9,17,19H,10-11H2,1H3,(H,18,20). The maximum absolute atomic E-state index is 11.9. The number of methoxy groups -OCH3 is 1. The lowest BCUT2D eigenvalue weighted by atomic mass is 10.2. The molecule has 0 radical (unpaired) electrons. The molecule has 1 amide bonds. The fraction of sp³-hybridized carbons (Fsp3) is 0.188. The van der Waals surface area contributed by atoms with E-state index in [0.717, 1.165) is 5.56 Å². The van der Waals surface area contributed by atoms with Crippen molar-refractivity contribution in [3.8, 4) is 11.5 Å². The summed E-state index contributed by atoms with van der Waals surface area (Å²) in [6.07, 6.45) is 0. The third-order valence-corrected chi connectivity index (χ3v) is 2.97. The van der Waals surface area contributed by atoms with Gasteiger partial charge in [-0.15, -0.1) is 0 Å². The Labute approximate surface area is 123 Å². The summed E-state index contributed by atoms with van der Waals surface area (Å²) in [4.78, 5) is 11.9. The average Bonchev–Trinajstić information content (AvgIpc) is 2.50. The molecule has 0 aliphatic carbocycles. The molecule has 2 rings (SSSR count). The molecule has 0 fully saturated rings. The molecule has 0 saturated heterocycles. The van der Waals surface area contributed by atoms with E-state index in [1.807, 2.05) is 18.2 Å². The van der Waals surface area contributed by atoms with E-state index in [2.05, 4.69) is 10.6 Å². The highest BCUT2D eigenvalue weighted by atomic mass is 16.5. The van der Waals surface area contributed by atoms with Gasteiger partial charge in [0.2, 0.25) is 5.91 Å². The zero-order valence-corrected chi connectivity index (χ0v) is 11.8. The van der Waals surface area contributed by atoms with E-state index in [9.17, 15) is 9.90 Å². The zero-order valence-electron chi connectivity index (χ0n) is 11.8. The SMILES string of the molecule is COc1ccccc1NC(=O)CNCc1ccccc1O. The van der Waals surface area contributed by atoms with Crippen molar-refractivity contribution in [3.63, 3.8) is 0 Å². The second-order valence-electron chi connectivity index (χ2n) is 4.48. The van der Waals surface area contributed by atoms with Crippen molar-refractivity contribution in [2.75, 3.05) is 19.0 Å². The molecule has 110 valence electrons. The number of phenolic OH excluding ortho intramolecular Hbond substituents is 1. The van der Waals surface area contributed by atoms with Crippen molar-refractivity contribution < 1.29 is 14.6 Å². The first-order valence-corrected chi connectivity index (χ1v) is 6.61. The van der Waals surface area contributed by atoms with Crippen molar-refractivity contribution in [2.24, 2.45) is 0 Å². The van der Waals surface area contributed by atoms with Crippen LogP contribution in [0.4, 0.5) is 5.69 Å². The highest BCUT2D eigenvalue weighted by molar-refractivity contribution is 5.93. The largest absolute Gasteiger partial charge is 0.508 e. The maximum atomic E-state index is 11.9. The minimum atomic E-state index is -0.171. The van der Waals surface area contributed by atoms with Crippen LogP contribution >= 0.6 is 0 Å². The fourth-order valence-corrected chi connectivity index (χ4v) is 1.91. The van der Waals surface area contributed by atoms with Crippen LogP contribution in [0.25, 0.3) is 0 Å².